The molecule has 0 aliphatic rings. The average Bonchev–Trinajstić information content (AvgIpc) is 2.06. The normalized spacial score (nSPS) is 12.4. The van der Waals surface area contributed by atoms with E-state index in [0.717, 1.165) is 6.26 Å². The van der Waals surface area contributed by atoms with Gasteiger partial charge >= 0.3 is 0 Å². The number of phenols is 1. The number of aromatic hydroxyl groups is 1. The second-order valence-electron chi connectivity index (χ2n) is 3.43. The number of hydrogen-bond acceptors (Lipinski definition) is 5. The molecule has 1 aromatic rings. The van der Waals surface area contributed by atoms with E-state index in [4.69, 9.17) is 16.7 Å². The number of nitrogens with one attached hydrogen (secondary N) is 1. The van der Waals surface area contributed by atoms with Crippen LogP contribution in [0.3, 0.4) is 0 Å². The Kier molecular flexibility index (Phi) is 3.90. The SMILES string of the molecule is CS(=O)(=O)CS(=O)(=O)Nc1ccc(O)c(Cl)c1. The van der Waals surface area contributed by atoms with Crippen molar-refractivity contribution in [1.29, 1.82) is 0 Å². The first-order chi connectivity index (χ1) is 7.59. The lowest BCUT2D eigenvalue weighted by molar-refractivity contribution is 0.475. The Labute approximate surface area is 104 Å². The van der Waals surface area contributed by atoms with Crippen molar-refractivity contribution < 1.29 is 21.9 Å². The molecule has 0 unspecified atom stereocenters. The molecule has 17 heavy (non-hydrogen) atoms. The van der Waals surface area contributed by atoms with E-state index in [1.54, 1.807) is 0 Å². The van der Waals surface area contributed by atoms with Crippen LogP contribution in [0, 0.1) is 0 Å². The van der Waals surface area contributed by atoms with E-state index in [9.17, 15) is 16.8 Å². The summed E-state index contributed by atoms with van der Waals surface area (Å²) in [7, 11) is -7.65. The van der Waals surface area contributed by atoms with Crippen molar-refractivity contribution in [2.45, 2.75) is 0 Å². The summed E-state index contributed by atoms with van der Waals surface area (Å²) in [5, 5.41) is 8.07. The smallest absolute Gasteiger partial charge is 0.247 e. The highest BCUT2D eigenvalue weighted by Gasteiger charge is 2.18. The average molecular weight is 300 g/mol. The third-order valence-electron chi connectivity index (χ3n) is 1.59. The lowest BCUT2D eigenvalue weighted by atomic mass is 10.3. The number of anilines is 1. The molecule has 0 aliphatic heterocycles. The molecule has 0 bridgehead atoms. The molecule has 0 fully saturated rings. The van der Waals surface area contributed by atoms with Crippen LogP contribution in [0.5, 0.6) is 5.75 Å². The summed E-state index contributed by atoms with van der Waals surface area (Å²) < 4.78 is 46.6. The Morgan fingerprint density at radius 3 is 2.35 bits per heavy atom. The zero-order valence-electron chi connectivity index (χ0n) is 8.71. The minimum atomic E-state index is -4.00. The van der Waals surface area contributed by atoms with Gasteiger partial charge in [0.1, 0.15) is 5.75 Å². The topological polar surface area (TPSA) is 101 Å². The number of sulfonamides is 1. The van der Waals surface area contributed by atoms with Gasteiger partial charge in [-0.1, -0.05) is 11.6 Å². The van der Waals surface area contributed by atoms with Crippen LogP contribution in [0.2, 0.25) is 5.02 Å². The molecule has 2 N–H and O–H groups in total. The molecule has 0 spiro atoms. The predicted octanol–water partition coefficient (Wildman–Crippen LogP) is 0.789. The minimum Gasteiger partial charge on any atom is -0.506 e. The van der Waals surface area contributed by atoms with Gasteiger partial charge in [-0.25, -0.2) is 16.8 Å². The molecule has 0 saturated carbocycles. The summed E-state index contributed by atoms with van der Waals surface area (Å²) in [5.41, 5.74) is 0.0800. The van der Waals surface area contributed by atoms with Crippen LogP contribution in [-0.2, 0) is 19.9 Å². The minimum absolute atomic E-state index is 0.0374. The maximum atomic E-state index is 11.4. The van der Waals surface area contributed by atoms with Gasteiger partial charge in [-0.3, -0.25) is 4.72 Å². The molecule has 6 nitrogen and oxygen atoms in total. The molecule has 0 radical (unpaired) electrons. The highest BCUT2D eigenvalue weighted by atomic mass is 35.5. The van der Waals surface area contributed by atoms with Crippen molar-refractivity contribution in [3.05, 3.63) is 23.2 Å². The second-order valence-corrected chi connectivity index (χ2v) is 8.06. The van der Waals surface area contributed by atoms with E-state index < -0.39 is 24.9 Å². The summed E-state index contributed by atoms with van der Waals surface area (Å²) in [6.07, 6.45) is 0.816. The number of hydrogen-bond donors (Lipinski definition) is 2. The van der Waals surface area contributed by atoms with Gasteiger partial charge in [-0.05, 0) is 18.2 Å². The molecule has 0 aromatic heterocycles. The number of halogens is 1. The first-order valence-electron chi connectivity index (χ1n) is 4.26. The fourth-order valence-electron chi connectivity index (χ4n) is 1.06. The largest absolute Gasteiger partial charge is 0.506 e. The van der Waals surface area contributed by atoms with E-state index in [0.29, 0.717) is 0 Å². The van der Waals surface area contributed by atoms with Crippen LogP contribution >= 0.6 is 11.6 Å². The van der Waals surface area contributed by atoms with Crippen LogP contribution in [0.1, 0.15) is 0 Å². The maximum Gasteiger partial charge on any atom is 0.247 e. The second kappa shape index (κ2) is 4.71. The van der Waals surface area contributed by atoms with Crippen molar-refractivity contribution >= 4 is 37.1 Å². The fraction of sp³-hybridized carbons (Fsp3) is 0.250. The van der Waals surface area contributed by atoms with Crippen LogP contribution in [0.15, 0.2) is 18.2 Å². The van der Waals surface area contributed by atoms with Gasteiger partial charge in [0.2, 0.25) is 10.0 Å². The van der Waals surface area contributed by atoms with Crippen LogP contribution in [0.4, 0.5) is 5.69 Å². The van der Waals surface area contributed by atoms with Crippen molar-refractivity contribution in [1.82, 2.24) is 0 Å². The summed E-state index contributed by atoms with van der Waals surface area (Å²) >= 11 is 5.57. The van der Waals surface area contributed by atoms with E-state index in [-0.39, 0.29) is 16.5 Å². The molecule has 0 heterocycles. The van der Waals surface area contributed by atoms with Gasteiger partial charge in [0, 0.05) is 6.26 Å². The van der Waals surface area contributed by atoms with E-state index in [2.05, 4.69) is 0 Å². The fourth-order valence-corrected chi connectivity index (χ4v) is 4.22. The van der Waals surface area contributed by atoms with Gasteiger partial charge in [0.05, 0.1) is 10.7 Å². The Hall–Kier alpha value is -0.990. The number of phenolic OH excluding ortho intramolecular Hbond substituents is 1. The Balaban J connectivity index is 2.95. The maximum absolute atomic E-state index is 11.4. The van der Waals surface area contributed by atoms with E-state index in [1.807, 2.05) is 4.72 Å². The molecular weight excluding hydrogens is 290 g/mol. The van der Waals surface area contributed by atoms with Crippen molar-refractivity contribution in [3.63, 3.8) is 0 Å². The summed E-state index contributed by atoms with van der Waals surface area (Å²) in [6.45, 7) is 0. The van der Waals surface area contributed by atoms with Crippen LogP contribution < -0.4 is 4.72 Å². The van der Waals surface area contributed by atoms with Crippen LogP contribution in [0.25, 0.3) is 0 Å². The number of benzene rings is 1. The first kappa shape index (κ1) is 14.1. The summed E-state index contributed by atoms with van der Waals surface area (Å²) in [6, 6.07) is 3.64. The lowest BCUT2D eigenvalue weighted by Gasteiger charge is -2.07. The lowest BCUT2D eigenvalue weighted by Crippen LogP contribution is -2.22. The van der Waals surface area contributed by atoms with E-state index in [1.165, 1.54) is 18.2 Å². The summed E-state index contributed by atoms with van der Waals surface area (Å²) in [4.78, 5) is 0. The van der Waals surface area contributed by atoms with Crippen molar-refractivity contribution in [2.24, 2.45) is 0 Å². The zero-order valence-corrected chi connectivity index (χ0v) is 11.1. The van der Waals surface area contributed by atoms with Crippen molar-refractivity contribution in [3.8, 4) is 5.75 Å². The monoisotopic (exact) mass is 299 g/mol. The molecular formula is C8H10ClNO5S2. The van der Waals surface area contributed by atoms with Gasteiger partial charge in [-0.2, -0.15) is 0 Å². The zero-order chi connectivity index (χ0) is 13.3. The molecule has 1 rings (SSSR count). The molecule has 9 heteroatoms. The standard InChI is InChI=1S/C8H10ClNO5S2/c1-16(12,13)5-17(14,15)10-6-2-3-8(11)7(9)4-6/h2-4,10-11H,5H2,1H3. The quantitative estimate of drug-likeness (QED) is 0.801. The first-order valence-corrected chi connectivity index (χ1v) is 8.35. The van der Waals surface area contributed by atoms with E-state index >= 15 is 0 Å². The highest BCUT2D eigenvalue weighted by molar-refractivity contribution is 8.08. The predicted molar refractivity (Wildman–Crippen MR) is 65.4 cm³/mol. The van der Waals surface area contributed by atoms with Gasteiger partial charge in [0.15, 0.2) is 14.9 Å². The third-order valence-corrected chi connectivity index (χ3v) is 5.39. The molecule has 0 saturated heterocycles. The third kappa shape index (κ3) is 4.80. The highest BCUT2D eigenvalue weighted by Crippen LogP contribution is 2.26. The van der Waals surface area contributed by atoms with Crippen LogP contribution in [-0.4, -0.2) is 33.3 Å². The Morgan fingerprint density at radius 1 is 1.29 bits per heavy atom. The number of sulfone groups is 1. The Bertz CT molecular complexity index is 623. The summed E-state index contributed by atoms with van der Waals surface area (Å²) in [5.74, 6) is -0.197. The van der Waals surface area contributed by atoms with Gasteiger partial charge in [-0.15, -0.1) is 0 Å². The van der Waals surface area contributed by atoms with Gasteiger partial charge in [0.25, 0.3) is 0 Å². The molecule has 0 amide bonds. The molecule has 96 valence electrons. The Morgan fingerprint density at radius 2 is 1.88 bits per heavy atom. The van der Waals surface area contributed by atoms with Gasteiger partial charge < -0.3 is 5.11 Å². The molecule has 1 aromatic carbocycles. The number of rotatable bonds is 4. The van der Waals surface area contributed by atoms with Crippen molar-refractivity contribution in [2.75, 3.05) is 16.1 Å². The molecule has 0 atom stereocenters. The molecule has 0 aliphatic carbocycles.